The highest BCUT2D eigenvalue weighted by Gasteiger charge is 2.23. The van der Waals surface area contributed by atoms with Crippen LogP contribution in [0.3, 0.4) is 0 Å². The number of nitrogens with one attached hydrogen (secondary N) is 1. The number of unbranched alkanes of at least 4 members (excludes halogenated alkanes) is 30. The Morgan fingerprint density at radius 1 is 0.522 bits per heavy atom. The third-order valence-corrected chi connectivity index (χ3v) is 13.4. The van der Waals surface area contributed by atoms with Gasteiger partial charge >= 0.3 is 0 Å². The molecule has 9 heteroatoms. The van der Waals surface area contributed by atoms with E-state index in [0.29, 0.717) is 17.4 Å². The molecule has 0 rings (SSSR count). The third-order valence-electron chi connectivity index (χ3n) is 12.4. The van der Waals surface area contributed by atoms with E-state index < -0.39 is 26.6 Å². The van der Waals surface area contributed by atoms with Gasteiger partial charge in [-0.25, -0.2) is 0 Å². The van der Waals surface area contributed by atoms with Crippen LogP contribution in [-0.4, -0.2) is 68.5 Å². The van der Waals surface area contributed by atoms with Crippen molar-refractivity contribution in [1.82, 2.24) is 5.32 Å². The molecule has 8 nitrogen and oxygen atoms in total. The molecule has 67 heavy (non-hydrogen) atoms. The summed E-state index contributed by atoms with van der Waals surface area (Å²) in [6.45, 7) is 4.61. The molecule has 3 unspecified atom stereocenters. The zero-order valence-electron chi connectivity index (χ0n) is 44.6. The van der Waals surface area contributed by atoms with Gasteiger partial charge < -0.3 is 28.8 Å². The molecule has 0 radical (unpaired) electrons. The summed E-state index contributed by atoms with van der Waals surface area (Å²) >= 11 is 0. The number of aliphatic hydroxyl groups is 1. The molecule has 0 aliphatic heterocycles. The van der Waals surface area contributed by atoms with E-state index in [1.54, 1.807) is 6.08 Å². The predicted octanol–water partition coefficient (Wildman–Crippen LogP) is 16.3. The molecule has 1 amide bonds. The number of amides is 1. The fourth-order valence-corrected chi connectivity index (χ4v) is 8.70. The van der Waals surface area contributed by atoms with Crippen molar-refractivity contribution in [3.8, 4) is 0 Å². The van der Waals surface area contributed by atoms with Crippen LogP contribution in [-0.2, 0) is 18.4 Å². The number of aliphatic hydroxyl groups excluding tert-OH is 1. The van der Waals surface area contributed by atoms with Crippen molar-refractivity contribution in [3.63, 3.8) is 0 Å². The SMILES string of the molecule is CCCCCCC/C=C\C/C=C\CCCCCCCCCCCCCCCCCCCC(=O)NC(COP(=O)([O-])OCC[N+](C)(C)C)C(O)/C=C/CC/C=C/CC/C=C/CCCCCCCC. The Hall–Kier alpha value is -1.80. The Labute approximate surface area is 415 Å². The van der Waals surface area contributed by atoms with Gasteiger partial charge in [0.05, 0.1) is 39.9 Å². The van der Waals surface area contributed by atoms with E-state index in [0.717, 1.165) is 51.4 Å². The summed E-state index contributed by atoms with van der Waals surface area (Å²) in [4.78, 5) is 25.4. The lowest BCUT2D eigenvalue weighted by Gasteiger charge is -2.29. The van der Waals surface area contributed by atoms with Crippen molar-refractivity contribution < 1.29 is 32.9 Å². The second kappa shape index (κ2) is 49.2. The quantitative estimate of drug-likeness (QED) is 0.0272. The Bertz CT molecular complexity index is 1270. The van der Waals surface area contributed by atoms with Gasteiger partial charge in [0.25, 0.3) is 7.82 Å². The minimum Gasteiger partial charge on any atom is -0.756 e. The van der Waals surface area contributed by atoms with Gasteiger partial charge in [-0.1, -0.05) is 229 Å². The zero-order valence-corrected chi connectivity index (χ0v) is 45.5. The summed E-state index contributed by atoms with van der Waals surface area (Å²) in [5.41, 5.74) is 0. The summed E-state index contributed by atoms with van der Waals surface area (Å²) in [6, 6.07) is -0.910. The number of nitrogens with zero attached hydrogens (tertiary/aromatic N) is 1. The topological polar surface area (TPSA) is 108 Å². The fraction of sp³-hybridized carbons (Fsp3) is 0.810. The highest BCUT2D eigenvalue weighted by Crippen LogP contribution is 2.38. The summed E-state index contributed by atoms with van der Waals surface area (Å²) in [5.74, 6) is -0.211. The molecule has 0 aromatic rings. The van der Waals surface area contributed by atoms with Crippen LogP contribution in [0.1, 0.15) is 251 Å². The summed E-state index contributed by atoms with van der Waals surface area (Å²) < 4.78 is 23.3. The molecule has 392 valence electrons. The van der Waals surface area contributed by atoms with Gasteiger partial charge in [-0.15, -0.1) is 0 Å². The van der Waals surface area contributed by atoms with E-state index in [1.165, 1.54) is 180 Å². The van der Waals surface area contributed by atoms with E-state index in [4.69, 9.17) is 9.05 Å². The number of allylic oxidation sites excluding steroid dienone is 9. The summed E-state index contributed by atoms with van der Waals surface area (Å²) in [5, 5.41) is 13.8. The number of phosphoric acid groups is 1. The van der Waals surface area contributed by atoms with Crippen LogP contribution >= 0.6 is 7.82 Å². The molecule has 0 heterocycles. The number of carbonyl (C=O) groups excluding carboxylic acids is 1. The lowest BCUT2D eigenvalue weighted by Crippen LogP contribution is -2.45. The Balaban J connectivity index is 4.17. The zero-order chi connectivity index (χ0) is 49.2. The maximum Gasteiger partial charge on any atom is 0.268 e. The molecule has 0 saturated carbocycles. The van der Waals surface area contributed by atoms with Gasteiger partial charge in [0.2, 0.25) is 5.91 Å². The molecule has 3 atom stereocenters. The van der Waals surface area contributed by atoms with Crippen molar-refractivity contribution in [3.05, 3.63) is 60.8 Å². The minimum absolute atomic E-state index is 0.00975. The lowest BCUT2D eigenvalue weighted by atomic mass is 10.0. The van der Waals surface area contributed by atoms with Gasteiger partial charge in [0.15, 0.2) is 0 Å². The second-order valence-electron chi connectivity index (χ2n) is 20.3. The highest BCUT2D eigenvalue weighted by atomic mass is 31.2. The second-order valence-corrected chi connectivity index (χ2v) is 21.7. The number of likely N-dealkylation sites (N-methyl/N-ethyl adjacent to an activating group) is 1. The molecule has 0 aliphatic rings. The van der Waals surface area contributed by atoms with E-state index in [-0.39, 0.29) is 12.5 Å². The largest absolute Gasteiger partial charge is 0.756 e. The maximum absolute atomic E-state index is 12.9. The molecule has 0 aromatic heterocycles. The molecule has 0 bridgehead atoms. The van der Waals surface area contributed by atoms with E-state index >= 15 is 0 Å². The third kappa shape index (κ3) is 51.9. The van der Waals surface area contributed by atoms with Crippen LogP contribution in [0.15, 0.2) is 60.8 Å². The van der Waals surface area contributed by atoms with Gasteiger partial charge in [-0.2, -0.15) is 0 Å². The first-order valence-corrected chi connectivity index (χ1v) is 29.6. The van der Waals surface area contributed by atoms with Crippen LogP contribution in [0.4, 0.5) is 0 Å². The van der Waals surface area contributed by atoms with Crippen molar-refractivity contribution >= 4 is 13.7 Å². The van der Waals surface area contributed by atoms with Crippen LogP contribution in [0.5, 0.6) is 0 Å². The lowest BCUT2D eigenvalue weighted by molar-refractivity contribution is -0.870. The van der Waals surface area contributed by atoms with Crippen LogP contribution in [0.25, 0.3) is 0 Å². The standard InChI is InChI=1S/C58H109N2O6P/c1-6-8-10-12-14-16-18-20-22-24-25-26-27-28-29-30-31-32-33-34-35-36-38-40-42-44-46-48-50-52-58(62)59-56(55-66-67(63,64)65-54-53-60(3,4)5)57(61)51-49-47-45-43-41-39-37-23-21-19-17-15-13-11-9-7-2/h18,20-21,23-25,41,43,49,51,56-57,61H,6-17,19,22,26-40,42,44-48,50,52-55H2,1-5H3,(H-,59,62,63,64)/b20-18-,23-21+,25-24-,43-41+,51-49+. The maximum atomic E-state index is 12.9. The van der Waals surface area contributed by atoms with Crippen molar-refractivity contribution in [2.24, 2.45) is 0 Å². The molecule has 2 N–H and O–H groups in total. The Morgan fingerprint density at radius 3 is 1.30 bits per heavy atom. The summed E-state index contributed by atoms with van der Waals surface area (Å²) in [6.07, 6.45) is 65.9. The normalized spacial score (nSPS) is 14.4. The number of quaternary nitrogens is 1. The van der Waals surface area contributed by atoms with Gasteiger partial charge in [-0.05, 0) is 77.0 Å². The fourth-order valence-electron chi connectivity index (χ4n) is 7.98. The molecule has 0 aromatic carbocycles. The number of hydrogen-bond acceptors (Lipinski definition) is 6. The van der Waals surface area contributed by atoms with Crippen LogP contribution in [0, 0.1) is 0 Å². The number of phosphoric ester groups is 1. The van der Waals surface area contributed by atoms with Gasteiger partial charge in [0, 0.05) is 6.42 Å². The minimum atomic E-state index is -4.61. The molecule has 0 spiro atoms. The average molecular weight is 961 g/mol. The van der Waals surface area contributed by atoms with E-state index in [1.807, 2.05) is 27.2 Å². The summed E-state index contributed by atoms with van der Waals surface area (Å²) in [7, 11) is 1.24. The smallest absolute Gasteiger partial charge is 0.268 e. The van der Waals surface area contributed by atoms with Gasteiger partial charge in [0.1, 0.15) is 13.2 Å². The van der Waals surface area contributed by atoms with Crippen molar-refractivity contribution in [2.45, 2.75) is 264 Å². The van der Waals surface area contributed by atoms with Crippen molar-refractivity contribution in [2.75, 3.05) is 40.9 Å². The average Bonchev–Trinajstić information content (AvgIpc) is 3.29. The number of hydrogen-bond donors (Lipinski definition) is 2. The first-order valence-electron chi connectivity index (χ1n) is 28.2. The number of rotatable bonds is 51. The van der Waals surface area contributed by atoms with E-state index in [2.05, 4.69) is 67.8 Å². The first kappa shape index (κ1) is 65.2. The van der Waals surface area contributed by atoms with Crippen LogP contribution < -0.4 is 10.2 Å². The van der Waals surface area contributed by atoms with Gasteiger partial charge in [-0.3, -0.25) is 9.36 Å². The number of carbonyl (C=O) groups is 1. The molecular formula is C58H109N2O6P. The molecular weight excluding hydrogens is 852 g/mol. The van der Waals surface area contributed by atoms with Crippen molar-refractivity contribution in [1.29, 1.82) is 0 Å². The van der Waals surface area contributed by atoms with E-state index in [9.17, 15) is 19.4 Å². The Morgan fingerprint density at radius 2 is 0.881 bits per heavy atom. The predicted molar refractivity (Wildman–Crippen MR) is 288 cm³/mol. The molecule has 0 saturated heterocycles. The highest BCUT2D eigenvalue weighted by molar-refractivity contribution is 7.45. The van der Waals surface area contributed by atoms with Crippen LogP contribution in [0.2, 0.25) is 0 Å². The Kier molecular flexibility index (Phi) is 47.9. The molecule has 0 fully saturated rings. The first-order chi connectivity index (χ1) is 32.5. The monoisotopic (exact) mass is 961 g/mol. The molecule has 0 aliphatic carbocycles.